The van der Waals surface area contributed by atoms with Crippen LogP contribution in [0.25, 0.3) is 5.76 Å². The molecule has 7 nitrogen and oxygen atoms in total. The molecule has 1 N–H and O–H groups in total. The van der Waals surface area contributed by atoms with E-state index in [1.54, 1.807) is 42.7 Å². The van der Waals surface area contributed by atoms with Crippen molar-refractivity contribution in [3.05, 3.63) is 65.5 Å². The van der Waals surface area contributed by atoms with Crippen LogP contribution in [0.2, 0.25) is 0 Å². The molecule has 1 aliphatic rings. The highest BCUT2D eigenvalue weighted by Crippen LogP contribution is 2.39. The number of benzene rings is 1. The predicted molar refractivity (Wildman–Crippen MR) is 123 cm³/mol. The van der Waals surface area contributed by atoms with E-state index in [9.17, 15) is 14.7 Å². The Morgan fingerprint density at radius 2 is 1.91 bits per heavy atom. The van der Waals surface area contributed by atoms with Crippen LogP contribution >= 0.6 is 0 Å². The highest BCUT2D eigenvalue weighted by atomic mass is 16.5. The highest BCUT2D eigenvalue weighted by Gasteiger charge is 2.45. The molecule has 0 aliphatic carbocycles. The van der Waals surface area contributed by atoms with E-state index in [-0.39, 0.29) is 11.3 Å². The number of aliphatic hydroxyl groups is 1. The molecule has 170 valence electrons. The first kappa shape index (κ1) is 23.5. The second-order valence-electron chi connectivity index (χ2n) is 8.16. The van der Waals surface area contributed by atoms with Crippen molar-refractivity contribution in [1.82, 2.24) is 14.8 Å². The molecule has 7 heteroatoms. The Morgan fingerprint density at radius 3 is 2.53 bits per heavy atom. The number of hydrogen-bond donors (Lipinski definition) is 1. The summed E-state index contributed by atoms with van der Waals surface area (Å²) in [6, 6.07) is 9.84. The van der Waals surface area contributed by atoms with Crippen LogP contribution in [0.4, 0.5) is 0 Å². The summed E-state index contributed by atoms with van der Waals surface area (Å²) in [6.45, 7) is 3.91. The lowest BCUT2D eigenvalue weighted by Crippen LogP contribution is -2.32. The van der Waals surface area contributed by atoms with Gasteiger partial charge in [0.15, 0.2) is 0 Å². The molecule has 32 heavy (non-hydrogen) atoms. The van der Waals surface area contributed by atoms with Crippen LogP contribution in [0.15, 0.2) is 54.4 Å². The zero-order valence-corrected chi connectivity index (χ0v) is 19.0. The van der Waals surface area contributed by atoms with E-state index in [0.29, 0.717) is 36.4 Å². The summed E-state index contributed by atoms with van der Waals surface area (Å²) in [4.78, 5) is 33.6. The summed E-state index contributed by atoms with van der Waals surface area (Å²) in [5.74, 6) is -0.765. The molecule has 1 aromatic carbocycles. The quantitative estimate of drug-likeness (QED) is 0.265. The van der Waals surface area contributed by atoms with Crippen molar-refractivity contribution in [3.63, 3.8) is 0 Å². The van der Waals surface area contributed by atoms with Crippen molar-refractivity contribution in [2.45, 2.75) is 32.2 Å². The van der Waals surface area contributed by atoms with E-state index >= 15 is 0 Å². The van der Waals surface area contributed by atoms with E-state index in [0.717, 1.165) is 19.4 Å². The van der Waals surface area contributed by atoms with Crippen LogP contribution < -0.4 is 4.74 Å². The molecular weight excluding hydrogens is 406 g/mol. The van der Waals surface area contributed by atoms with Crippen LogP contribution in [0, 0.1) is 0 Å². The van der Waals surface area contributed by atoms with Gasteiger partial charge in [-0.25, -0.2) is 0 Å². The molecule has 0 unspecified atom stereocenters. The smallest absolute Gasteiger partial charge is 0.295 e. The number of aliphatic hydroxyl groups excluding tert-OH is 1. The topological polar surface area (TPSA) is 83.0 Å². The lowest BCUT2D eigenvalue weighted by atomic mass is 9.96. The van der Waals surface area contributed by atoms with Gasteiger partial charge in [0.2, 0.25) is 0 Å². The Hall–Kier alpha value is -3.19. The number of carbonyl (C=O) groups excluding carboxylic acids is 2. The lowest BCUT2D eigenvalue weighted by Gasteiger charge is -2.25. The summed E-state index contributed by atoms with van der Waals surface area (Å²) in [6.07, 6.45) is 5.99. The van der Waals surface area contributed by atoms with Gasteiger partial charge in [-0.2, -0.15) is 0 Å². The van der Waals surface area contributed by atoms with Crippen LogP contribution in [0.3, 0.4) is 0 Å². The minimum atomic E-state index is -0.676. The van der Waals surface area contributed by atoms with E-state index in [4.69, 9.17) is 4.74 Å². The minimum absolute atomic E-state index is 0.0903. The zero-order chi connectivity index (χ0) is 23.1. The van der Waals surface area contributed by atoms with E-state index < -0.39 is 17.7 Å². The number of likely N-dealkylation sites (tertiary alicyclic amines) is 1. The largest absolute Gasteiger partial charge is 0.507 e. The number of hydrogen-bond acceptors (Lipinski definition) is 6. The fourth-order valence-electron chi connectivity index (χ4n) is 3.75. The molecule has 1 fully saturated rings. The summed E-state index contributed by atoms with van der Waals surface area (Å²) in [7, 11) is 3.92. The monoisotopic (exact) mass is 437 g/mol. The zero-order valence-electron chi connectivity index (χ0n) is 19.0. The number of carbonyl (C=O) groups is 2. The summed E-state index contributed by atoms with van der Waals surface area (Å²) in [5, 5.41) is 11.1. The molecule has 0 spiro atoms. The lowest BCUT2D eigenvalue weighted by molar-refractivity contribution is -0.139. The first-order chi connectivity index (χ1) is 15.4. The molecule has 2 aromatic rings. The fourth-order valence-corrected chi connectivity index (χ4v) is 3.75. The third kappa shape index (κ3) is 5.34. The number of aromatic nitrogens is 1. The third-order valence-corrected chi connectivity index (χ3v) is 5.44. The third-order valence-electron chi connectivity index (χ3n) is 5.44. The number of pyridine rings is 1. The van der Waals surface area contributed by atoms with Crippen LogP contribution in [0.1, 0.15) is 43.4 Å². The van der Waals surface area contributed by atoms with Crippen LogP contribution in [-0.4, -0.2) is 65.4 Å². The number of nitrogens with zero attached hydrogens (tertiary/aromatic N) is 3. The van der Waals surface area contributed by atoms with Crippen molar-refractivity contribution in [1.29, 1.82) is 0 Å². The maximum atomic E-state index is 13.0. The molecule has 0 bridgehead atoms. The Bertz CT molecular complexity index is 955. The van der Waals surface area contributed by atoms with E-state index in [2.05, 4.69) is 11.9 Å². The normalized spacial score (nSPS) is 17.9. The van der Waals surface area contributed by atoms with Crippen molar-refractivity contribution in [3.8, 4) is 5.75 Å². The number of amides is 1. The number of ketones is 1. The molecule has 3 rings (SSSR count). The highest BCUT2D eigenvalue weighted by molar-refractivity contribution is 6.46. The summed E-state index contributed by atoms with van der Waals surface area (Å²) in [5.41, 5.74) is 1.25. The Labute approximate surface area is 189 Å². The summed E-state index contributed by atoms with van der Waals surface area (Å²) < 4.78 is 5.68. The van der Waals surface area contributed by atoms with Gasteiger partial charge in [-0.15, -0.1) is 0 Å². The van der Waals surface area contributed by atoms with E-state index in [1.807, 2.05) is 25.1 Å². The van der Waals surface area contributed by atoms with Crippen LogP contribution in [0.5, 0.6) is 5.75 Å². The first-order valence-electron chi connectivity index (χ1n) is 11.0. The second-order valence-corrected chi connectivity index (χ2v) is 8.16. The van der Waals surface area contributed by atoms with Crippen molar-refractivity contribution < 1.29 is 19.4 Å². The Morgan fingerprint density at radius 1 is 1.16 bits per heavy atom. The van der Waals surface area contributed by atoms with Crippen molar-refractivity contribution >= 4 is 17.4 Å². The van der Waals surface area contributed by atoms with E-state index in [1.165, 1.54) is 4.90 Å². The second kappa shape index (κ2) is 10.9. The Kier molecular flexibility index (Phi) is 8.00. The first-order valence-corrected chi connectivity index (χ1v) is 11.0. The number of Topliss-reactive ketones (excluding diaryl/α,β-unsaturated/α-hetero) is 1. The fraction of sp³-hybridized carbons (Fsp3) is 0.400. The average Bonchev–Trinajstić information content (AvgIpc) is 3.04. The average molecular weight is 438 g/mol. The van der Waals surface area contributed by atoms with Gasteiger partial charge < -0.3 is 19.6 Å². The van der Waals surface area contributed by atoms with Crippen molar-refractivity contribution in [2.75, 3.05) is 33.8 Å². The predicted octanol–water partition coefficient (Wildman–Crippen LogP) is 3.63. The molecule has 2 heterocycles. The van der Waals surface area contributed by atoms with Gasteiger partial charge in [-0.3, -0.25) is 14.6 Å². The van der Waals surface area contributed by atoms with Gasteiger partial charge in [-0.05, 0) is 69.4 Å². The molecule has 1 atom stereocenters. The standard InChI is InChI=1S/C25H31N3O4/c1-4-5-16-32-20-11-9-18(10-12-20)23(29)21-22(19-8-6-13-26-17-19)28(25(31)24(21)30)15-7-14-27(2)3/h6,8-13,17,22,29H,4-5,7,14-16H2,1-3H3/b23-21+/t22-/m0/s1. The number of rotatable bonds is 10. The SMILES string of the molecule is CCCCOc1ccc(/C(O)=C2\C(=O)C(=O)N(CCCN(C)C)[C@H]2c2cccnc2)cc1. The van der Waals surface area contributed by atoms with Gasteiger partial charge in [0.05, 0.1) is 18.2 Å². The van der Waals surface area contributed by atoms with Crippen LogP contribution in [-0.2, 0) is 9.59 Å². The summed E-state index contributed by atoms with van der Waals surface area (Å²) >= 11 is 0. The maximum absolute atomic E-state index is 13.0. The number of ether oxygens (including phenoxy) is 1. The molecule has 1 saturated heterocycles. The van der Waals surface area contributed by atoms with Gasteiger partial charge in [0, 0.05) is 24.5 Å². The number of unbranched alkanes of at least 4 members (excludes halogenated alkanes) is 1. The molecule has 1 aromatic heterocycles. The maximum Gasteiger partial charge on any atom is 0.295 e. The van der Waals surface area contributed by atoms with Gasteiger partial charge in [0.1, 0.15) is 11.5 Å². The van der Waals surface area contributed by atoms with Crippen molar-refractivity contribution in [2.24, 2.45) is 0 Å². The molecular formula is C25H31N3O4. The molecule has 1 aliphatic heterocycles. The van der Waals surface area contributed by atoms with Gasteiger partial charge in [-0.1, -0.05) is 19.4 Å². The van der Waals surface area contributed by atoms with Gasteiger partial charge in [0.25, 0.3) is 11.7 Å². The molecule has 0 saturated carbocycles. The van der Waals surface area contributed by atoms with Gasteiger partial charge >= 0.3 is 0 Å². The Balaban J connectivity index is 1.95. The molecule has 1 amide bonds. The molecule has 0 radical (unpaired) electrons. The minimum Gasteiger partial charge on any atom is -0.507 e.